The number of rotatable bonds is 4. The molecule has 1 aliphatic rings. The lowest BCUT2D eigenvalue weighted by Crippen LogP contribution is -2.28. The van der Waals surface area contributed by atoms with Crippen molar-refractivity contribution in [2.75, 3.05) is 7.11 Å². The van der Waals surface area contributed by atoms with Crippen LogP contribution in [0.3, 0.4) is 0 Å². The summed E-state index contributed by atoms with van der Waals surface area (Å²) in [6, 6.07) is 3.11. The number of carbonyl (C=O) groups excluding carboxylic acids is 1. The van der Waals surface area contributed by atoms with Crippen LogP contribution in [0.1, 0.15) is 47.8 Å². The van der Waals surface area contributed by atoms with Gasteiger partial charge in [-0.3, -0.25) is 0 Å². The van der Waals surface area contributed by atoms with Gasteiger partial charge < -0.3 is 4.74 Å². The Hall–Kier alpha value is -2.22. The van der Waals surface area contributed by atoms with Crippen LogP contribution in [-0.4, -0.2) is 37.9 Å². The normalized spacial score (nSPS) is 15.0. The number of aromatic nitrogens is 5. The Morgan fingerprint density at radius 3 is 2.78 bits per heavy atom. The largest absolute Gasteiger partial charge is 0.465 e. The van der Waals surface area contributed by atoms with Crippen molar-refractivity contribution in [1.82, 2.24) is 24.8 Å². The summed E-state index contributed by atoms with van der Waals surface area (Å²) < 4.78 is 7.32. The third-order valence-corrected chi connectivity index (χ3v) is 4.19. The van der Waals surface area contributed by atoms with Gasteiger partial charge in [0.15, 0.2) is 0 Å². The Morgan fingerprint density at radius 1 is 1.35 bits per heavy atom. The molecule has 3 rings (SSSR count). The lowest BCUT2D eigenvalue weighted by atomic mass is 10.2. The lowest BCUT2D eigenvalue weighted by molar-refractivity contribution is 0.0598. The van der Waals surface area contributed by atoms with E-state index < -0.39 is 5.97 Å². The van der Waals surface area contributed by atoms with Crippen LogP contribution >= 0.6 is 11.6 Å². The predicted octanol–water partition coefficient (Wildman–Crippen LogP) is 1.44. The number of carbonyl (C=O) groups is 1. The molecule has 0 aromatic carbocycles. The zero-order valence-electron chi connectivity index (χ0n) is 12.6. The third-order valence-electron chi connectivity index (χ3n) is 3.98. The Bertz CT molecular complexity index is 779. The molecule has 0 amide bonds. The second-order valence-electron chi connectivity index (χ2n) is 5.42. The number of halogens is 1. The first-order valence-corrected chi connectivity index (χ1v) is 7.74. The molecular formula is C14H16ClN5O3. The molecule has 0 N–H and O–H groups in total. The van der Waals surface area contributed by atoms with Crippen LogP contribution in [0.25, 0.3) is 0 Å². The van der Waals surface area contributed by atoms with Gasteiger partial charge in [0.25, 0.3) is 0 Å². The smallest absolute Gasteiger partial charge is 0.364 e. The second-order valence-corrected chi connectivity index (χ2v) is 5.81. The fourth-order valence-electron chi connectivity index (χ4n) is 2.80. The number of nitrogens with zero attached hydrogens (tertiary/aromatic N) is 5. The molecule has 2 aromatic heterocycles. The summed E-state index contributed by atoms with van der Waals surface area (Å²) in [4.78, 5) is 28.3. The number of ether oxygens (including phenoxy) is 1. The summed E-state index contributed by atoms with van der Waals surface area (Å²) in [6.07, 6.45) is 4.04. The molecule has 2 heterocycles. The van der Waals surface area contributed by atoms with E-state index in [0.29, 0.717) is 5.69 Å². The Balaban J connectivity index is 1.92. The second kappa shape index (κ2) is 6.49. The van der Waals surface area contributed by atoms with Crippen molar-refractivity contribution >= 4 is 17.6 Å². The van der Waals surface area contributed by atoms with E-state index in [4.69, 9.17) is 16.3 Å². The van der Waals surface area contributed by atoms with Gasteiger partial charge in [-0.25, -0.2) is 14.6 Å². The minimum absolute atomic E-state index is 0.0105. The van der Waals surface area contributed by atoms with E-state index in [1.54, 1.807) is 0 Å². The average molecular weight is 338 g/mol. The van der Waals surface area contributed by atoms with Gasteiger partial charge in [-0.2, -0.15) is 9.36 Å². The highest BCUT2D eigenvalue weighted by Crippen LogP contribution is 2.27. The van der Waals surface area contributed by atoms with Crippen molar-refractivity contribution < 1.29 is 9.53 Å². The highest BCUT2D eigenvalue weighted by Gasteiger charge is 2.22. The Morgan fingerprint density at radius 2 is 2.09 bits per heavy atom. The zero-order chi connectivity index (χ0) is 16.4. The van der Waals surface area contributed by atoms with Crippen molar-refractivity contribution in [1.29, 1.82) is 0 Å². The molecule has 1 fully saturated rings. The fraction of sp³-hybridized carbons (Fsp3) is 0.500. The van der Waals surface area contributed by atoms with Crippen LogP contribution in [0.15, 0.2) is 16.9 Å². The first-order valence-electron chi connectivity index (χ1n) is 7.36. The number of hydrogen-bond donors (Lipinski definition) is 0. The van der Waals surface area contributed by atoms with E-state index in [0.717, 1.165) is 25.7 Å². The molecule has 8 nitrogen and oxygen atoms in total. The lowest BCUT2D eigenvalue weighted by Gasteiger charge is -2.07. The standard InChI is InChI=1S/C14H16ClN5O3/c1-23-13(21)10-6-7-12(15)16-11(10)8-19-14(22)20(18-17-19)9-4-2-3-5-9/h6-7,9H,2-5,8H2,1H3. The summed E-state index contributed by atoms with van der Waals surface area (Å²) in [6.45, 7) is 0.0105. The molecule has 0 radical (unpaired) electrons. The van der Waals surface area contributed by atoms with Gasteiger partial charge in [0.2, 0.25) is 0 Å². The van der Waals surface area contributed by atoms with Crippen molar-refractivity contribution in [3.05, 3.63) is 39.0 Å². The molecule has 9 heteroatoms. The Labute approximate surface area is 137 Å². The van der Waals surface area contributed by atoms with Crippen molar-refractivity contribution in [3.63, 3.8) is 0 Å². The summed E-state index contributed by atoms with van der Waals surface area (Å²) in [5.74, 6) is -0.541. The molecule has 0 unspecified atom stereocenters. The van der Waals surface area contributed by atoms with Gasteiger partial charge in [-0.15, -0.1) is 0 Å². The Kier molecular flexibility index (Phi) is 4.42. The summed E-state index contributed by atoms with van der Waals surface area (Å²) >= 11 is 5.89. The summed E-state index contributed by atoms with van der Waals surface area (Å²) in [7, 11) is 1.28. The number of hydrogen-bond acceptors (Lipinski definition) is 6. The molecular weight excluding hydrogens is 322 g/mol. The molecule has 1 aliphatic carbocycles. The van der Waals surface area contributed by atoms with Gasteiger partial charge in [0.05, 0.1) is 31.0 Å². The van der Waals surface area contributed by atoms with Crippen LogP contribution in [0, 0.1) is 0 Å². The molecule has 0 aliphatic heterocycles. The molecule has 2 aromatic rings. The van der Waals surface area contributed by atoms with Crippen LogP contribution in [0.5, 0.6) is 0 Å². The van der Waals surface area contributed by atoms with Gasteiger partial charge in [-0.05, 0) is 35.4 Å². The highest BCUT2D eigenvalue weighted by atomic mass is 35.5. The van der Waals surface area contributed by atoms with E-state index >= 15 is 0 Å². The van der Waals surface area contributed by atoms with Crippen LogP contribution < -0.4 is 5.69 Å². The van der Waals surface area contributed by atoms with E-state index in [-0.39, 0.29) is 29.0 Å². The molecule has 1 saturated carbocycles. The topological polar surface area (TPSA) is 91.9 Å². The van der Waals surface area contributed by atoms with E-state index in [9.17, 15) is 9.59 Å². The molecule has 0 spiro atoms. The molecule has 0 bridgehead atoms. The molecule has 122 valence electrons. The fourth-order valence-corrected chi connectivity index (χ4v) is 2.96. The minimum Gasteiger partial charge on any atom is -0.465 e. The maximum atomic E-state index is 12.4. The van der Waals surface area contributed by atoms with E-state index in [2.05, 4.69) is 15.4 Å². The van der Waals surface area contributed by atoms with Gasteiger partial charge in [-0.1, -0.05) is 24.4 Å². The maximum absolute atomic E-state index is 12.4. The highest BCUT2D eigenvalue weighted by molar-refractivity contribution is 6.29. The van der Waals surface area contributed by atoms with Crippen molar-refractivity contribution in [2.45, 2.75) is 38.3 Å². The maximum Gasteiger partial charge on any atom is 0.364 e. The van der Waals surface area contributed by atoms with E-state index in [1.165, 1.54) is 28.6 Å². The van der Waals surface area contributed by atoms with Crippen molar-refractivity contribution in [2.24, 2.45) is 0 Å². The number of methoxy groups -OCH3 is 1. The zero-order valence-corrected chi connectivity index (χ0v) is 13.4. The third kappa shape index (κ3) is 3.12. The number of tetrazole rings is 1. The molecule has 0 atom stereocenters. The monoisotopic (exact) mass is 337 g/mol. The van der Waals surface area contributed by atoms with E-state index in [1.807, 2.05) is 0 Å². The molecule has 0 saturated heterocycles. The van der Waals surface area contributed by atoms with Crippen LogP contribution in [-0.2, 0) is 11.3 Å². The quantitative estimate of drug-likeness (QED) is 0.619. The number of pyridine rings is 1. The van der Waals surface area contributed by atoms with Crippen LogP contribution in [0.4, 0.5) is 0 Å². The van der Waals surface area contributed by atoms with Gasteiger partial charge in [0, 0.05) is 0 Å². The van der Waals surface area contributed by atoms with Gasteiger partial charge in [0.1, 0.15) is 5.15 Å². The first-order chi connectivity index (χ1) is 11.1. The summed E-state index contributed by atoms with van der Waals surface area (Å²) in [5, 5.41) is 8.07. The number of esters is 1. The average Bonchev–Trinajstić information content (AvgIpc) is 3.18. The van der Waals surface area contributed by atoms with Crippen LogP contribution in [0.2, 0.25) is 5.15 Å². The summed E-state index contributed by atoms with van der Waals surface area (Å²) in [5.41, 5.74) is 0.263. The predicted molar refractivity (Wildman–Crippen MR) is 81.5 cm³/mol. The molecule has 23 heavy (non-hydrogen) atoms. The van der Waals surface area contributed by atoms with Crippen molar-refractivity contribution in [3.8, 4) is 0 Å². The first kappa shape index (κ1) is 15.7. The minimum atomic E-state index is -0.541. The van der Waals surface area contributed by atoms with Gasteiger partial charge >= 0.3 is 11.7 Å². The SMILES string of the molecule is COC(=O)c1ccc(Cl)nc1Cn1nnn(C2CCCC2)c1=O.